The normalized spacial score (nSPS) is 18.5. The largest absolute Gasteiger partial charge is 0.390 e. The second-order valence-electron chi connectivity index (χ2n) is 8.61. The van der Waals surface area contributed by atoms with Gasteiger partial charge in [0.05, 0.1) is 11.3 Å². The van der Waals surface area contributed by atoms with Gasteiger partial charge in [-0.25, -0.2) is 9.97 Å². The van der Waals surface area contributed by atoms with Crippen LogP contribution in [-0.4, -0.2) is 44.8 Å². The van der Waals surface area contributed by atoms with Crippen molar-refractivity contribution in [1.29, 1.82) is 0 Å². The van der Waals surface area contributed by atoms with E-state index < -0.39 is 5.60 Å². The summed E-state index contributed by atoms with van der Waals surface area (Å²) in [5.41, 5.74) is 7.72. The Morgan fingerprint density at radius 2 is 2.19 bits per heavy atom. The van der Waals surface area contributed by atoms with Gasteiger partial charge in [0.1, 0.15) is 11.6 Å². The van der Waals surface area contributed by atoms with Gasteiger partial charge in [-0.1, -0.05) is 0 Å². The standard InChI is InChI=1S/C23H26N6O2/c1-23(2,31)9-13-4-5-26-11-17(13)19-7-14-8-20(27-12-18(14)21(24)28-19)29-22(30)16-6-15(16)10-25-3/h4-5,7-8,10-12,15-16,31H,6,9H2,1-3H3,(H2,24,28)(H,27,29,30)/t15-,16+/m1/s1. The van der Waals surface area contributed by atoms with Gasteiger partial charge < -0.3 is 21.1 Å². The van der Waals surface area contributed by atoms with Crippen molar-refractivity contribution in [1.82, 2.24) is 15.0 Å². The zero-order chi connectivity index (χ0) is 22.2. The van der Waals surface area contributed by atoms with E-state index in [0.29, 0.717) is 29.1 Å². The molecule has 160 valence electrons. The van der Waals surface area contributed by atoms with Crippen molar-refractivity contribution in [3.63, 3.8) is 0 Å². The van der Waals surface area contributed by atoms with E-state index in [9.17, 15) is 9.90 Å². The molecule has 0 aromatic carbocycles. The van der Waals surface area contributed by atoms with Gasteiger partial charge in [-0.05, 0) is 49.4 Å². The van der Waals surface area contributed by atoms with E-state index in [4.69, 9.17) is 5.73 Å². The van der Waals surface area contributed by atoms with Crippen molar-refractivity contribution in [2.75, 3.05) is 18.1 Å². The maximum absolute atomic E-state index is 12.4. The third-order valence-electron chi connectivity index (χ3n) is 5.32. The van der Waals surface area contributed by atoms with E-state index in [1.165, 1.54) is 0 Å². The van der Waals surface area contributed by atoms with Crippen molar-refractivity contribution in [3.05, 3.63) is 42.4 Å². The number of pyridine rings is 3. The molecule has 1 aliphatic carbocycles. The smallest absolute Gasteiger partial charge is 0.229 e. The van der Waals surface area contributed by atoms with Crippen LogP contribution in [0.25, 0.3) is 22.0 Å². The van der Waals surface area contributed by atoms with Crippen LogP contribution in [0.2, 0.25) is 0 Å². The number of carbonyl (C=O) groups excluding carboxylic acids is 1. The maximum Gasteiger partial charge on any atom is 0.229 e. The second kappa shape index (κ2) is 8.03. The highest BCUT2D eigenvalue weighted by atomic mass is 16.3. The summed E-state index contributed by atoms with van der Waals surface area (Å²) in [6.07, 6.45) is 8.11. The Morgan fingerprint density at radius 1 is 1.39 bits per heavy atom. The van der Waals surface area contributed by atoms with Gasteiger partial charge in [-0.3, -0.25) is 9.78 Å². The topological polar surface area (TPSA) is 126 Å². The summed E-state index contributed by atoms with van der Waals surface area (Å²) in [5, 5.41) is 14.7. The molecular formula is C23H26N6O2. The van der Waals surface area contributed by atoms with Gasteiger partial charge in [-0.15, -0.1) is 0 Å². The first-order valence-corrected chi connectivity index (χ1v) is 10.2. The van der Waals surface area contributed by atoms with E-state index in [1.807, 2.05) is 18.3 Å². The lowest BCUT2D eigenvalue weighted by atomic mass is 9.94. The highest BCUT2D eigenvalue weighted by Gasteiger charge is 2.41. The predicted octanol–water partition coefficient (Wildman–Crippen LogP) is 2.86. The molecule has 3 aromatic heterocycles. The molecule has 1 amide bonds. The number of aliphatic imine (C=N–C) groups is 1. The molecule has 0 unspecified atom stereocenters. The third kappa shape index (κ3) is 4.69. The van der Waals surface area contributed by atoms with Gasteiger partial charge in [-0.2, -0.15) is 0 Å². The summed E-state index contributed by atoms with van der Waals surface area (Å²) in [6.45, 7) is 3.52. The van der Waals surface area contributed by atoms with Crippen molar-refractivity contribution in [2.45, 2.75) is 32.3 Å². The van der Waals surface area contributed by atoms with Crippen molar-refractivity contribution >= 4 is 34.5 Å². The Labute approximate surface area is 180 Å². The lowest BCUT2D eigenvalue weighted by molar-refractivity contribution is -0.117. The Kier molecular flexibility index (Phi) is 5.41. The molecule has 3 aromatic rings. The molecule has 8 nitrogen and oxygen atoms in total. The van der Waals surface area contributed by atoms with Crippen LogP contribution in [0.3, 0.4) is 0 Å². The Bertz CT molecular complexity index is 1170. The third-order valence-corrected chi connectivity index (χ3v) is 5.32. The fraction of sp³-hybridized carbons (Fsp3) is 0.348. The van der Waals surface area contributed by atoms with Gasteiger partial charge >= 0.3 is 0 Å². The van der Waals surface area contributed by atoms with Crippen LogP contribution in [-0.2, 0) is 11.2 Å². The molecule has 8 heteroatoms. The number of aliphatic hydroxyl groups is 1. The lowest BCUT2D eigenvalue weighted by Crippen LogP contribution is -2.22. The average Bonchev–Trinajstić information content (AvgIpc) is 3.47. The predicted molar refractivity (Wildman–Crippen MR) is 122 cm³/mol. The number of carbonyl (C=O) groups is 1. The van der Waals surface area contributed by atoms with Gasteiger partial charge in [0, 0.05) is 61.1 Å². The fourth-order valence-corrected chi connectivity index (χ4v) is 3.75. The van der Waals surface area contributed by atoms with E-state index in [1.54, 1.807) is 45.6 Å². The molecule has 31 heavy (non-hydrogen) atoms. The summed E-state index contributed by atoms with van der Waals surface area (Å²) in [5.74, 6) is 0.905. The molecule has 1 saturated carbocycles. The average molecular weight is 419 g/mol. The number of amides is 1. The van der Waals surface area contributed by atoms with Crippen LogP contribution in [0.15, 0.2) is 41.8 Å². The Balaban J connectivity index is 1.66. The molecule has 0 bridgehead atoms. The first-order valence-electron chi connectivity index (χ1n) is 10.2. The SMILES string of the molecule is CN=C[C@H]1C[C@@H]1C(=O)Nc1cc2cc(-c3cnccc3CC(C)(C)O)nc(N)c2cn1. The zero-order valence-electron chi connectivity index (χ0n) is 17.8. The van der Waals surface area contributed by atoms with Crippen LogP contribution >= 0.6 is 0 Å². The first-order chi connectivity index (χ1) is 14.7. The van der Waals surface area contributed by atoms with Crippen molar-refractivity contribution in [3.8, 4) is 11.3 Å². The van der Waals surface area contributed by atoms with Crippen molar-refractivity contribution in [2.24, 2.45) is 16.8 Å². The van der Waals surface area contributed by atoms with Gasteiger partial charge in [0.2, 0.25) is 5.91 Å². The van der Waals surface area contributed by atoms with E-state index in [2.05, 4.69) is 25.3 Å². The number of anilines is 2. The van der Waals surface area contributed by atoms with Crippen LogP contribution < -0.4 is 11.1 Å². The van der Waals surface area contributed by atoms with Crippen LogP contribution in [0, 0.1) is 11.8 Å². The molecule has 2 atom stereocenters. The Hall–Kier alpha value is -3.39. The number of hydrogen-bond donors (Lipinski definition) is 3. The number of nitrogens with zero attached hydrogens (tertiary/aromatic N) is 4. The Morgan fingerprint density at radius 3 is 2.94 bits per heavy atom. The quantitative estimate of drug-likeness (QED) is 0.528. The lowest BCUT2D eigenvalue weighted by Gasteiger charge is -2.19. The monoisotopic (exact) mass is 418 g/mol. The zero-order valence-corrected chi connectivity index (χ0v) is 17.8. The molecule has 4 rings (SSSR count). The minimum absolute atomic E-state index is 0.0564. The highest BCUT2D eigenvalue weighted by molar-refractivity contribution is 5.99. The van der Waals surface area contributed by atoms with E-state index in [0.717, 1.165) is 22.9 Å². The number of fused-ring (bicyclic) bond motifs is 1. The number of rotatable bonds is 6. The van der Waals surface area contributed by atoms with Gasteiger partial charge in [0.25, 0.3) is 0 Å². The number of nitrogens with two attached hydrogens (primary N) is 1. The summed E-state index contributed by atoms with van der Waals surface area (Å²) in [4.78, 5) is 29.5. The second-order valence-corrected chi connectivity index (χ2v) is 8.61. The molecule has 4 N–H and O–H groups in total. The first kappa shape index (κ1) is 20.9. The number of nitrogens with one attached hydrogen (secondary N) is 1. The molecular weight excluding hydrogens is 392 g/mol. The molecule has 0 spiro atoms. The summed E-state index contributed by atoms with van der Waals surface area (Å²) < 4.78 is 0. The minimum atomic E-state index is -0.872. The minimum Gasteiger partial charge on any atom is -0.390 e. The molecule has 0 aliphatic heterocycles. The number of hydrogen-bond acceptors (Lipinski definition) is 7. The van der Waals surface area contributed by atoms with Gasteiger partial charge in [0.15, 0.2) is 0 Å². The molecule has 0 radical (unpaired) electrons. The maximum atomic E-state index is 12.4. The molecule has 3 heterocycles. The fourth-order valence-electron chi connectivity index (χ4n) is 3.75. The van der Waals surface area contributed by atoms with Crippen molar-refractivity contribution < 1.29 is 9.90 Å². The summed E-state index contributed by atoms with van der Waals surface area (Å²) in [7, 11) is 1.71. The number of nitrogen functional groups attached to an aromatic ring is 1. The summed E-state index contributed by atoms with van der Waals surface area (Å²) >= 11 is 0. The number of aromatic nitrogens is 3. The van der Waals surface area contributed by atoms with Crippen LogP contribution in [0.5, 0.6) is 0 Å². The summed E-state index contributed by atoms with van der Waals surface area (Å²) in [6, 6.07) is 5.57. The highest BCUT2D eigenvalue weighted by Crippen LogP contribution is 2.38. The molecule has 0 saturated heterocycles. The van der Waals surface area contributed by atoms with E-state index >= 15 is 0 Å². The van der Waals surface area contributed by atoms with E-state index in [-0.39, 0.29) is 17.7 Å². The van der Waals surface area contributed by atoms with Crippen LogP contribution in [0.4, 0.5) is 11.6 Å². The van der Waals surface area contributed by atoms with Crippen LogP contribution in [0.1, 0.15) is 25.8 Å². The molecule has 1 fully saturated rings. The molecule has 1 aliphatic rings.